The Kier molecular flexibility index (Phi) is 5.62. The van der Waals surface area contributed by atoms with Crippen molar-refractivity contribution in [1.82, 2.24) is 0 Å². The third-order valence-corrected chi connectivity index (χ3v) is 1.51. The Bertz CT molecular complexity index is 345. The van der Waals surface area contributed by atoms with Gasteiger partial charge in [0.05, 0.1) is 18.9 Å². The van der Waals surface area contributed by atoms with Crippen LogP contribution in [0.3, 0.4) is 0 Å². The molecule has 5 nitrogen and oxygen atoms in total. The number of nitrogens with two attached hydrogens (primary N) is 1. The van der Waals surface area contributed by atoms with Crippen molar-refractivity contribution in [2.75, 3.05) is 13.2 Å². The van der Waals surface area contributed by atoms with Crippen LogP contribution in [0.4, 0.5) is 26.3 Å². The number of hydrogen-bond donors (Lipinski definition) is 2. The largest absolute Gasteiger partial charge is 0.500 e. The molecule has 0 saturated carbocycles. The van der Waals surface area contributed by atoms with Gasteiger partial charge in [-0.3, -0.25) is 4.74 Å². The Hall–Kier alpha value is -1.49. The highest BCUT2D eigenvalue weighted by Gasteiger charge is 2.90. The van der Waals surface area contributed by atoms with E-state index in [9.17, 15) is 31.1 Å². The van der Waals surface area contributed by atoms with Crippen molar-refractivity contribution < 1.29 is 45.7 Å². The monoisotopic (exact) mass is 297 g/mol. The van der Waals surface area contributed by atoms with Gasteiger partial charge in [0.15, 0.2) is 0 Å². The molecular weight excluding hydrogens is 288 g/mol. The second-order valence-corrected chi connectivity index (χ2v) is 3.01. The van der Waals surface area contributed by atoms with Crippen molar-refractivity contribution in [3.63, 3.8) is 0 Å². The van der Waals surface area contributed by atoms with Crippen LogP contribution in [0.1, 0.15) is 0 Å². The van der Waals surface area contributed by atoms with E-state index in [1.165, 1.54) is 0 Å². The van der Waals surface area contributed by atoms with Crippen LogP contribution in [0.5, 0.6) is 0 Å². The van der Waals surface area contributed by atoms with Crippen LogP contribution >= 0.6 is 0 Å². The lowest BCUT2D eigenvalue weighted by Crippen LogP contribution is -2.32. The molecule has 1 unspecified atom stereocenters. The highest BCUT2D eigenvalue weighted by molar-refractivity contribution is 5.79. The lowest BCUT2D eigenvalue weighted by molar-refractivity contribution is -0.231. The quantitative estimate of drug-likeness (QED) is 0.269. The van der Waals surface area contributed by atoms with Crippen LogP contribution in [0, 0.1) is 0 Å². The number of rotatable bonds is 4. The molecule has 19 heavy (non-hydrogen) atoms. The summed E-state index contributed by atoms with van der Waals surface area (Å²) in [5.41, 5.74) is 5.04. The third kappa shape index (κ3) is 4.95. The average molecular weight is 297 g/mol. The highest BCUT2D eigenvalue weighted by Crippen LogP contribution is 2.60. The van der Waals surface area contributed by atoms with Crippen molar-refractivity contribution in [1.29, 1.82) is 0 Å². The standard InChI is InChI=1S/C5H9NO3.C3F6O/c6-2-4-9-3-1-5(7)8;4-1(2(5,6)7)3(8,9)10-1/h1,3H,2,4,6H2,(H,7,8);. The predicted molar refractivity (Wildman–Crippen MR) is 47.7 cm³/mol. The Morgan fingerprint density at radius 3 is 2.05 bits per heavy atom. The van der Waals surface area contributed by atoms with Gasteiger partial charge in [-0.1, -0.05) is 0 Å². The smallest absolute Gasteiger partial charge is 0.458 e. The highest BCUT2D eigenvalue weighted by atomic mass is 19.4. The number of aliphatic carboxylic acids is 1. The van der Waals surface area contributed by atoms with Crippen molar-refractivity contribution in [2.45, 2.75) is 18.1 Å². The number of alkyl halides is 6. The first-order chi connectivity index (χ1) is 8.48. The van der Waals surface area contributed by atoms with Crippen LogP contribution < -0.4 is 5.73 Å². The Balaban J connectivity index is 0.000000344. The Morgan fingerprint density at radius 2 is 1.84 bits per heavy atom. The lowest BCUT2D eigenvalue weighted by atomic mass is 10.4. The summed E-state index contributed by atoms with van der Waals surface area (Å²) in [6.45, 7) is 0.744. The number of halogens is 6. The maximum atomic E-state index is 11.7. The zero-order valence-corrected chi connectivity index (χ0v) is 9.09. The molecule has 0 bridgehead atoms. The molecule has 0 aromatic heterocycles. The van der Waals surface area contributed by atoms with Gasteiger partial charge in [-0.05, 0) is 0 Å². The van der Waals surface area contributed by atoms with Gasteiger partial charge in [0.25, 0.3) is 0 Å². The van der Waals surface area contributed by atoms with Crippen molar-refractivity contribution in [3.8, 4) is 0 Å². The summed E-state index contributed by atoms with van der Waals surface area (Å²) >= 11 is 0. The minimum absolute atomic E-state index is 0.351. The molecule has 0 radical (unpaired) electrons. The second-order valence-electron chi connectivity index (χ2n) is 3.01. The zero-order chi connectivity index (χ0) is 15.3. The zero-order valence-electron chi connectivity index (χ0n) is 9.09. The normalized spacial score (nSPS) is 24.6. The summed E-state index contributed by atoms with van der Waals surface area (Å²) in [5, 5.41) is 8.01. The molecule has 112 valence electrons. The molecule has 0 aliphatic carbocycles. The molecule has 1 aliphatic rings. The number of ether oxygens (including phenoxy) is 2. The minimum atomic E-state index is -5.66. The number of epoxide rings is 1. The molecule has 3 N–H and O–H groups in total. The van der Waals surface area contributed by atoms with Gasteiger partial charge < -0.3 is 15.6 Å². The van der Waals surface area contributed by atoms with E-state index in [1.54, 1.807) is 0 Å². The van der Waals surface area contributed by atoms with Gasteiger partial charge in [-0.2, -0.15) is 26.3 Å². The molecule has 0 aromatic carbocycles. The topological polar surface area (TPSA) is 85.1 Å². The second kappa shape index (κ2) is 6.10. The van der Waals surface area contributed by atoms with Gasteiger partial charge in [-0.15, -0.1) is 0 Å². The van der Waals surface area contributed by atoms with E-state index in [0.717, 1.165) is 12.3 Å². The van der Waals surface area contributed by atoms with Crippen LogP contribution in [-0.4, -0.2) is 42.4 Å². The van der Waals surface area contributed by atoms with E-state index in [-0.39, 0.29) is 0 Å². The van der Waals surface area contributed by atoms with Crippen LogP contribution in [0.15, 0.2) is 12.3 Å². The van der Waals surface area contributed by atoms with Crippen LogP contribution in [0.25, 0.3) is 0 Å². The average Bonchev–Trinajstić information content (AvgIpc) is 2.75. The fourth-order valence-electron chi connectivity index (χ4n) is 0.616. The van der Waals surface area contributed by atoms with Gasteiger partial charge in [-0.25, -0.2) is 4.79 Å². The first-order valence-electron chi connectivity index (χ1n) is 4.52. The molecule has 1 heterocycles. The summed E-state index contributed by atoms with van der Waals surface area (Å²) in [7, 11) is 0. The van der Waals surface area contributed by atoms with Crippen LogP contribution in [-0.2, 0) is 14.3 Å². The van der Waals surface area contributed by atoms with E-state index < -0.39 is 24.1 Å². The van der Waals surface area contributed by atoms with Gasteiger partial charge in [0.2, 0.25) is 0 Å². The Labute approximate surface area is 102 Å². The maximum Gasteiger partial charge on any atom is 0.458 e. The third-order valence-electron chi connectivity index (χ3n) is 1.51. The lowest BCUT2D eigenvalue weighted by Gasteiger charge is -2.04. The molecule has 1 fully saturated rings. The number of carboxylic acids is 1. The van der Waals surface area contributed by atoms with Crippen LogP contribution in [0.2, 0.25) is 0 Å². The summed E-state index contributed by atoms with van der Waals surface area (Å²) in [6.07, 6.45) is -8.34. The van der Waals surface area contributed by atoms with Gasteiger partial charge in [0.1, 0.15) is 0 Å². The maximum absolute atomic E-state index is 11.7. The molecule has 1 atom stereocenters. The number of carbonyl (C=O) groups is 1. The molecule has 0 aromatic rings. The molecule has 1 rings (SSSR count). The van der Waals surface area contributed by atoms with E-state index in [0.29, 0.717) is 13.2 Å². The fraction of sp³-hybridized carbons (Fsp3) is 0.625. The van der Waals surface area contributed by atoms with Gasteiger partial charge in [0, 0.05) is 6.54 Å². The summed E-state index contributed by atoms with van der Waals surface area (Å²) in [5.74, 6) is -5.77. The number of carboxylic acid groups (broad SMARTS) is 1. The number of hydrogen-bond acceptors (Lipinski definition) is 4. The SMILES string of the molecule is FC(F)(F)C1(F)OC1(F)F.NCCOC=CC(=O)O. The van der Waals surface area contributed by atoms with Gasteiger partial charge >= 0.3 is 24.1 Å². The summed E-state index contributed by atoms with van der Waals surface area (Å²) in [6, 6.07) is 0. The minimum Gasteiger partial charge on any atom is -0.500 e. The molecule has 1 saturated heterocycles. The van der Waals surface area contributed by atoms with E-state index in [4.69, 9.17) is 10.8 Å². The summed E-state index contributed by atoms with van der Waals surface area (Å²) in [4.78, 5) is 9.76. The van der Waals surface area contributed by atoms with E-state index >= 15 is 0 Å². The van der Waals surface area contributed by atoms with E-state index in [1.807, 2.05) is 0 Å². The molecule has 0 spiro atoms. The molecule has 11 heteroatoms. The van der Waals surface area contributed by atoms with Crippen molar-refractivity contribution in [3.05, 3.63) is 12.3 Å². The first kappa shape index (κ1) is 17.5. The van der Waals surface area contributed by atoms with Crippen molar-refractivity contribution in [2.24, 2.45) is 5.73 Å². The predicted octanol–water partition coefficient (Wildman–Crippen LogP) is 1.40. The van der Waals surface area contributed by atoms with E-state index in [2.05, 4.69) is 9.47 Å². The Morgan fingerprint density at radius 1 is 1.37 bits per heavy atom. The molecular formula is C8H9F6NO4. The molecule has 1 aliphatic heterocycles. The summed E-state index contributed by atoms with van der Waals surface area (Å²) < 4.78 is 75.0. The molecule has 0 amide bonds. The fourth-order valence-corrected chi connectivity index (χ4v) is 0.616. The first-order valence-corrected chi connectivity index (χ1v) is 4.52. The van der Waals surface area contributed by atoms with Crippen molar-refractivity contribution >= 4 is 5.97 Å².